The molecule has 1 fully saturated rings. The summed E-state index contributed by atoms with van der Waals surface area (Å²) in [4.78, 5) is 23.3. The van der Waals surface area contributed by atoms with E-state index in [9.17, 15) is 9.59 Å². The third-order valence-corrected chi connectivity index (χ3v) is 4.79. The minimum atomic E-state index is -0.162. The largest absolute Gasteiger partial charge is 0.351 e. The molecule has 1 aliphatic rings. The molecule has 0 saturated heterocycles. The number of amides is 1. The topological polar surface area (TPSA) is 51.1 Å². The molecule has 1 aliphatic carbocycles. The van der Waals surface area contributed by atoms with Gasteiger partial charge in [-0.2, -0.15) is 11.8 Å². The van der Waals surface area contributed by atoms with Gasteiger partial charge in [-0.3, -0.25) is 9.59 Å². The molecule has 1 heterocycles. The number of carbonyl (C=O) groups is 1. The van der Waals surface area contributed by atoms with Gasteiger partial charge in [-0.15, -0.1) is 0 Å². The Morgan fingerprint density at radius 3 is 2.89 bits per heavy atom. The molecule has 1 N–H and O–H groups in total. The zero-order valence-electron chi connectivity index (χ0n) is 11.2. The molecule has 2 rings (SSSR count). The van der Waals surface area contributed by atoms with Gasteiger partial charge in [0.1, 0.15) is 0 Å². The molecule has 1 aromatic rings. The van der Waals surface area contributed by atoms with Gasteiger partial charge in [0.2, 0.25) is 0 Å². The van der Waals surface area contributed by atoms with Gasteiger partial charge < -0.3 is 9.88 Å². The maximum absolute atomic E-state index is 11.8. The second kappa shape index (κ2) is 6.80. The summed E-state index contributed by atoms with van der Waals surface area (Å²) in [5.74, 6) is 0.783. The quantitative estimate of drug-likeness (QED) is 0.837. The van der Waals surface area contributed by atoms with Gasteiger partial charge in [0.05, 0.1) is 0 Å². The Morgan fingerprint density at radius 2 is 2.21 bits per heavy atom. The molecule has 5 heteroatoms. The highest BCUT2D eigenvalue weighted by molar-refractivity contribution is 7.99. The van der Waals surface area contributed by atoms with E-state index >= 15 is 0 Å². The van der Waals surface area contributed by atoms with Crippen LogP contribution in [0.15, 0.2) is 23.1 Å². The van der Waals surface area contributed by atoms with E-state index in [0.717, 1.165) is 11.0 Å². The summed E-state index contributed by atoms with van der Waals surface area (Å²) < 4.78 is 1.45. The van der Waals surface area contributed by atoms with Crippen LogP contribution in [0.25, 0.3) is 0 Å². The summed E-state index contributed by atoms with van der Waals surface area (Å²) in [5.41, 5.74) is 0.280. The first-order valence-electron chi connectivity index (χ1n) is 6.73. The summed E-state index contributed by atoms with van der Waals surface area (Å²) in [6, 6.07) is 3.04. The lowest BCUT2D eigenvalue weighted by Gasteiger charge is -2.09. The highest BCUT2D eigenvalue weighted by Crippen LogP contribution is 2.28. The van der Waals surface area contributed by atoms with Gasteiger partial charge in [-0.05, 0) is 18.9 Å². The number of thioether (sulfide) groups is 1. The van der Waals surface area contributed by atoms with E-state index in [4.69, 9.17) is 0 Å². The summed E-state index contributed by atoms with van der Waals surface area (Å²) in [6.07, 6.45) is 6.93. The standard InChI is InChI=1S/C14H20N2O2S/c1-16-8-6-11(10-13(16)17)14(18)15-7-9-19-12-4-2-3-5-12/h6,8,10,12H,2-5,7,9H2,1H3,(H,15,18). The fraction of sp³-hybridized carbons (Fsp3) is 0.571. The first-order valence-corrected chi connectivity index (χ1v) is 7.78. The van der Waals surface area contributed by atoms with Crippen LogP contribution in [0.1, 0.15) is 36.0 Å². The Kier molecular flexibility index (Phi) is 5.07. The molecule has 0 aliphatic heterocycles. The van der Waals surface area contributed by atoms with Crippen LogP contribution in [0, 0.1) is 0 Å². The van der Waals surface area contributed by atoms with Crippen molar-refractivity contribution in [3.63, 3.8) is 0 Å². The number of carbonyl (C=O) groups excluding carboxylic acids is 1. The smallest absolute Gasteiger partial charge is 0.251 e. The van der Waals surface area contributed by atoms with E-state index in [1.54, 1.807) is 19.3 Å². The fourth-order valence-corrected chi connectivity index (χ4v) is 3.46. The molecule has 0 atom stereocenters. The molecular weight excluding hydrogens is 260 g/mol. The summed E-state index contributed by atoms with van der Waals surface area (Å²) in [7, 11) is 1.67. The number of hydrogen-bond acceptors (Lipinski definition) is 3. The molecule has 1 aromatic heterocycles. The summed E-state index contributed by atoms with van der Waals surface area (Å²) >= 11 is 1.95. The van der Waals surface area contributed by atoms with Crippen molar-refractivity contribution in [1.82, 2.24) is 9.88 Å². The van der Waals surface area contributed by atoms with Crippen LogP contribution in [0.4, 0.5) is 0 Å². The Balaban J connectivity index is 1.74. The van der Waals surface area contributed by atoms with Gasteiger partial charge in [0.15, 0.2) is 0 Å². The molecule has 0 spiro atoms. The minimum absolute atomic E-state index is 0.159. The Morgan fingerprint density at radius 1 is 1.47 bits per heavy atom. The highest BCUT2D eigenvalue weighted by atomic mass is 32.2. The average Bonchev–Trinajstić information content (AvgIpc) is 2.91. The second-order valence-corrected chi connectivity index (χ2v) is 6.31. The predicted octanol–water partition coefficient (Wildman–Crippen LogP) is 1.79. The Bertz CT molecular complexity index is 492. The van der Waals surface area contributed by atoms with Gasteiger partial charge in [0.25, 0.3) is 11.5 Å². The summed E-state index contributed by atoms with van der Waals surface area (Å²) in [5, 5.41) is 3.64. The molecule has 19 heavy (non-hydrogen) atoms. The van der Waals surface area contributed by atoms with Crippen LogP contribution >= 0.6 is 11.8 Å². The number of aryl methyl sites for hydroxylation is 1. The number of rotatable bonds is 5. The van der Waals surface area contributed by atoms with Crippen LogP contribution in [0.3, 0.4) is 0 Å². The molecular formula is C14H20N2O2S. The molecule has 104 valence electrons. The lowest BCUT2D eigenvalue weighted by Crippen LogP contribution is -2.28. The van der Waals surface area contributed by atoms with E-state index in [1.807, 2.05) is 11.8 Å². The number of nitrogens with one attached hydrogen (secondary N) is 1. The van der Waals surface area contributed by atoms with Crippen molar-refractivity contribution in [2.45, 2.75) is 30.9 Å². The molecule has 0 unspecified atom stereocenters. The van der Waals surface area contributed by atoms with E-state index in [-0.39, 0.29) is 11.5 Å². The minimum Gasteiger partial charge on any atom is -0.351 e. The number of aromatic nitrogens is 1. The highest BCUT2D eigenvalue weighted by Gasteiger charge is 2.14. The third-order valence-electron chi connectivity index (χ3n) is 3.41. The first kappa shape index (κ1) is 14.2. The van der Waals surface area contributed by atoms with Crippen LogP contribution in [0.5, 0.6) is 0 Å². The van der Waals surface area contributed by atoms with E-state index in [2.05, 4.69) is 5.32 Å². The zero-order chi connectivity index (χ0) is 13.7. The van der Waals surface area contributed by atoms with Gasteiger partial charge in [0, 0.05) is 42.4 Å². The van der Waals surface area contributed by atoms with E-state index in [1.165, 1.54) is 36.3 Å². The Hall–Kier alpha value is -1.23. The molecule has 1 saturated carbocycles. The number of pyridine rings is 1. The molecule has 0 bridgehead atoms. The van der Waals surface area contributed by atoms with E-state index < -0.39 is 0 Å². The van der Waals surface area contributed by atoms with Crippen LogP contribution in [0.2, 0.25) is 0 Å². The predicted molar refractivity (Wildman–Crippen MR) is 78.7 cm³/mol. The second-order valence-electron chi connectivity index (χ2n) is 4.90. The maximum atomic E-state index is 11.8. The average molecular weight is 280 g/mol. The normalized spacial score (nSPS) is 15.6. The fourth-order valence-electron chi connectivity index (χ4n) is 2.24. The van der Waals surface area contributed by atoms with Crippen molar-refractivity contribution >= 4 is 17.7 Å². The third kappa shape index (κ3) is 4.13. The first-order chi connectivity index (χ1) is 9.16. The Labute approximate surface area is 117 Å². The van der Waals surface area contributed by atoms with Crippen molar-refractivity contribution in [3.8, 4) is 0 Å². The van der Waals surface area contributed by atoms with Crippen molar-refractivity contribution in [2.24, 2.45) is 7.05 Å². The number of hydrogen-bond donors (Lipinski definition) is 1. The van der Waals surface area contributed by atoms with Gasteiger partial charge >= 0.3 is 0 Å². The van der Waals surface area contributed by atoms with Crippen molar-refractivity contribution in [2.75, 3.05) is 12.3 Å². The van der Waals surface area contributed by atoms with Crippen LogP contribution in [-0.4, -0.2) is 28.0 Å². The summed E-state index contributed by atoms with van der Waals surface area (Å²) in [6.45, 7) is 0.662. The number of nitrogens with zero attached hydrogens (tertiary/aromatic N) is 1. The van der Waals surface area contributed by atoms with Crippen molar-refractivity contribution in [3.05, 3.63) is 34.2 Å². The van der Waals surface area contributed by atoms with Gasteiger partial charge in [-0.1, -0.05) is 12.8 Å². The molecule has 0 radical (unpaired) electrons. The zero-order valence-corrected chi connectivity index (χ0v) is 12.0. The molecule has 1 amide bonds. The monoisotopic (exact) mass is 280 g/mol. The lowest BCUT2D eigenvalue weighted by molar-refractivity contribution is 0.0956. The maximum Gasteiger partial charge on any atom is 0.251 e. The lowest BCUT2D eigenvalue weighted by atomic mass is 10.2. The van der Waals surface area contributed by atoms with Crippen molar-refractivity contribution < 1.29 is 4.79 Å². The van der Waals surface area contributed by atoms with Crippen molar-refractivity contribution in [1.29, 1.82) is 0 Å². The molecule has 4 nitrogen and oxygen atoms in total. The van der Waals surface area contributed by atoms with Crippen LogP contribution < -0.4 is 10.9 Å². The SMILES string of the molecule is Cn1ccc(C(=O)NCCSC2CCCC2)cc1=O. The van der Waals surface area contributed by atoms with Crippen LogP contribution in [-0.2, 0) is 7.05 Å². The molecule has 0 aromatic carbocycles. The van der Waals surface area contributed by atoms with Gasteiger partial charge in [-0.25, -0.2) is 0 Å². The van der Waals surface area contributed by atoms with E-state index in [0.29, 0.717) is 12.1 Å².